The zero-order chi connectivity index (χ0) is 21.3. The fraction of sp³-hybridized carbons (Fsp3) is 0.273. The van der Waals surface area contributed by atoms with Crippen LogP contribution in [0.25, 0.3) is 6.08 Å². The van der Waals surface area contributed by atoms with Crippen LogP contribution in [0.3, 0.4) is 0 Å². The number of fused-ring (bicyclic) bond motifs is 2. The smallest absolute Gasteiger partial charge is 0.347 e. The van der Waals surface area contributed by atoms with Crippen molar-refractivity contribution in [3.8, 4) is 17.2 Å². The highest BCUT2D eigenvalue weighted by Gasteiger charge is 2.29. The van der Waals surface area contributed by atoms with E-state index in [4.69, 9.17) is 23.7 Å². The van der Waals surface area contributed by atoms with E-state index in [0.29, 0.717) is 35.0 Å². The molecule has 1 unspecified atom stereocenters. The first-order valence-corrected chi connectivity index (χ1v) is 10.2. The van der Waals surface area contributed by atoms with Crippen molar-refractivity contribution in [2.45, 2.75) is 26.6 Å². The lowest BCUT2D eigenvalue weighted by atomic mass is 10.1. The predicted molar refractivity (Wildman–Crippen MR) is 111 cm³/mol. The van der Waals surface area contributed by atoms with Gasteiger partial charge in [0.1, 0.15) is 17.2 Å². The Bertz CT molecular complexity index is 1040. The SMILES string of the molecule is CCOC(=O)C(C)Oc1ccc2c(c1)O/C(=C\c1cc(Br)cc3c1OCOC3)C2=O. The number of halogens is 1. The highest BCUT2D eigenvalue weighted by molar-refractivity contribution is 9.10. The Morgan fingerprint density at radius 3 is 2.93 bits per heavy atom. The largest absolute Gasteiger partial charge is 0.479 e. The minimum absolute atomic E-state index is 0.152. The molecule has 0 amide bonds. The van der Waals surface area contributed by atoms with Crippen LogP contribution >= 0.6 is 15.9 Å². The van der Waals surface area contributed by atoms with Crippen LogP contribution in [0.2, 0.25) is 0 Å². The summed E-state index contributed by atoms with van der Waals surface area (Å²) in [6, 6.07) is 8.60. The monoisotopic (exact) mass is 474 g/mol. The summed E-state index contributed by atoms with van der Waals surface area (Å²) >= 11 is 3.47. The summed E-state index contributed by atoms with van der Waals surface area (Å²) in [5.74, 6) is 0.916. The lowest BCUT2D eigenvalue weighted by Gasteiger charge is -2.20. The van der Waals surface area contributed by atoms with Crippen molar-refractivity contribution in [2.75, 3.05) is 13.4 Å². The van der Waals surface area contributed by atoms with Crippen LogP contribution in [0, 0.1) is 0 Å². The first-order valence-electron chi connectivity index (χ1n) is 9.41. The molecule has 156 valence electrons. The van der Waals surface area contributed by atoms with Gasteiger partial charge in [0.25, 0.3) is 0 Å². The van der Waals surface area contributed by atoms with E-state index in [-0.39, 0.29) is 24.9 Å². The Labute approximate surface area is 181 Å². The number of ketones is 1. The summed E-state index contributed by atoms with van der Waals surface area (Å²) in [6.45, 7) is 4.19. The number of carbonyl (C=O) groups is 2. The van der Waals surface area contributed by atoms with Crippen molar-refractivity contribution in [2.24, 2.45) is 0 Å². The van der Waals surface area contributed by atoms with Gasteiger partial charge >= 0.3 is 5.97 Å². The molecule has 0 fully saturated rings. The lowest BCUT2D eigenvalue weighted by Crippen LogP contribution is -2.26. The van der Waals surface area contributed by atoms with E-state index < -0.39 is 12.1 Å². The number of Topliss-reactive ketones (excluding diaryl/α,β-unsaturated/α-hetero) is 1. The van der Waals surface area contributed by atoms with Crippen molar-refractivity contribution in [1.29, 1.82) is 0 Å². The lowest BCUT2D eigenvalue weighted by molar-refractivity contribution is -0.150. The molecular formula is C22H19BrO7. The molecule has 0 saturated heterocycles. The van der Waals surface area contributed by atoms with E-state index in [9.17, 15) is 9.59 Å². The van der Waals surface area contributed by atoms with Gasteiger partial charge in [0.2, 0.25) is 5.78 Å². The average Bonchev–Trinajstić information content (AvgIpc) is 3.02. The molecule has 2 aliphatic rings. The van der Waals surface area contributed by atoms with Crippen molar-refractivity contribution in [3.63, 3.8) is 0 Å². The molecule has 30 heavy (non-hydrogen) atoms. The molecular weight excluding hydrogens is 456 g/mol. The summed E-state index contributed by atoms with van der Waals surface area (Å²) < 4.78 is 28.1. The third-order valence-electron chi connectivity index (χ3n) is 4.56. The van der Waals surface area contributed by atoms with Gasteiger partial charge in [-0.05, 0) is 44.2 Å². The van der Waals surface area contributed by atoms with Crippen molar-refractivity contribution < 1.29 is 33.3 Å². The van der Waals surface area contributed by atoms with E-state index in [1.165, 1.54) is 0 Å². The van der Waals surface area contributed by atoms with E-state index in [1.54, 1.807) is 38.1 Å². The second-order valence-corrected chi connectivity index (χ2v) is 7.62. The van der Waals surface area contributed by atoms with Gasteiger partial charge in [-0.1, -0.05) is 15.9 Å². The van der Waals surface area contributed by atoms with Crippen LogP contribution in [0.4, 0.5) is 0 Å². The molecule has 0 aromatic heterocycles. The summed E-state index contributed by atoms with van der Waals surface area (Å²) in [7, 11) is 0. The highest BCUT2D eigenvalue weighted by Crippen LogP contribution is 2.38. The van der Waals surface area contributed by atoms with Crippen LogP contribution in [0.15, 0.2) is 40.6 Å². The minimum Gasteiger partial charge on any atom is -0.479 e. The fourth-order valence-corrected chi connectivity index (χ4v) is 3.73. The van der Waals surface area contributed by atoms with Gasteiger partial charge in [0.05, 0.1) is 18.8 Å². The number of benzene rings is 2. The number of hydrogen-bond donors (Lipinski definition) is 0. The van der Waals surface area contributed by atoms with Crippen molar-refractivity contribution in [3.05, 3.63) is 57.3 Å². The van der Waals surface area contributed by atoms with Crippen molar-refractivity contribution in [1.82, 2.24) is 0 Å². The maximum atomic E-state index is 12.8. The Hall–Kier alpha value is -2.84. The standard InChI is InChI=1S/C22H19BrO7/c1-3-27-22(25)12(2)29-16-4-5-17-18(9-16)30-19(20(17)24)8-13-6-15(23)7-14-10-26-11-28-21(13)14/h4-9,12H,3,10-11H2,1-2H3/b19-8-. The van der Waals surface area contributed by atoms with E-state index in [1.807, 2.05) is 12.1 Å². The number of rotatable bonds is 5. The van der Waals surface area contributed by atoms with E-state index in [0.717, 1.165) is 10.0 Å². The van der Waals surface area contributed by atoms with Gasteiger partial charge < -0.3 is 23.7 Å². The van der Waals surface area contributed by atoms with Gasteiger partial charge in [-0.3, -0.25) is 4.79 Å². The molecule has 2 aromatic carbocycles. The van der Waals surface area contributed by atoms with Gasteiger partial charge in [-0.25, -0.2) is 4.79 Å². The Morgan fingerprint density at radius 1 is 1.30 bits per heavy atom. The molecule has 2 heterocycles. The Balaban J connectivity index is 1.59. The molecule has 8 heteroatoms. The predicted octanol–water partition coefficient (Wildman–Crippen LogP) is 4.26. The molecule has 0 spiro atoms. The fourth-order valence-electron chi connectivity index (χ4n) is 3.21. The highest BCUT2D eigenvalue weighted by atomic mass is 79.9. The Kier molecular flexibility index (Phi) is 5.78. The zero-order valence-electron chi connectivity index (χ0n) is 16.4. The summed E-state index contributed by atoms with van der Waals surface area (Å²) in [4.78, 5) is 24.6. The second-order valence-electron chi connectivity index (χ2n) is 6.70. The number of hydrogen-bond acceptors (Lipinski definition) is 7. The second kappa shape index (κ2) is 8.49. The van der Waals surface area contributed by atoms with Gasteiger partial charge in [-0.2, -0.15) is 0 Å². The molecule has 2 aliphatic heterocycles. The normalized spacial score (nSPS) is 16.9. The summed E-state index contributed by atoms with van der Waals surface area (Å²) in [6.07, 6.45) is 0.877. The number of esters is 1. The van der Waals surface area contributed by atoms with Gasteiger partial charge in [-0.15, -0.1) is 0 Å². The van der Waals surface area contributed by atoms with Gasteiger partial charge in [0, 0.05) is 21.7 Å². The number of ether oxygens (including phenoxy) is 5. The van der Waals surface area contributed by atoms with E-state index in [2.05, 4.69) is 15.9 Å². The molecule has 0 aliphatic carbocycles. The maximum Gasteiger partial charge on any atom is 0.347 e. The molecule has 7 nitrogen and oxygen atoms in total. The van der Waals surface area contributed by atoms with Gasteiger partial charge in [0.15, 0.2) is 18.7 Å². The first kappa shape index (κ1) is 20.4. The summed E-state index contributed by atoms with van der Waals surface area (Å²) in [5, 5.41) is 0. The molecule has 1 atom stereocenters. The molecule has 2 aromatic rings. The average molecular weight is 475 g/mol. The third kappa shape index (κ3) is 4.06. The van der Waals surface area contributed by atoms with Crippen LogP contribution in [-0.4, -0.2) is 31.3 Å². The number of allylic oxidation sites excluding steroid dienone is 1. The Morgan fingerprint density at radius 2 is 2.13 bits per heavy atom. The van der Waals surface area contributed by atoms with Crippen LogP contribution in [-0.2, 0) is 20.9 Å². The zero-order valence-corrected chi connectivity index (χ0v) is 18.0. The van der Waals surface area contributed by atoms with Crippen LogP contribution < -0.4 is 14.2 Å². The number of carbonyl (C=O) groups excluding carboxylic acids is 2. The summed E-state index contributed by atoms with van der Waals surface area (Å²) in [5.41, 5.74) is 2.02. The van der Waals surface area contributed by atoms with E-state index >= 15 is 0 Å². The molecule has 0 saturated carbocycles. The van der Waals surface area contributed by atoms with Crippen LogP contribution in [0.1, 0.15) is 35.3 Å². The molecule has 0 bridgehead atoms. The van der Waals surface area contributed by atoms with Crippen LogP contribution in [0.5, 0.6) is 17.2 Å². The topological polar surface area (TPSA) is 80.3 Å². The quantitative estimate of drug-likeness (QED) is 0.472. The third-order valence-corrected chi connectivity index (χ3v) is 5.02. The molecule has 0 radical (unpaired) electrons. The molecule has 0 N–H and O–H groups in total. The van der Waals surface area contributed by atoms with Crippen molar-refractivity contribution >= 4 is 33.8 Å². The molecule has 4 rings (SSSR count). The maximum absolute atomic E-state index is 12.8. The minimum atomic E-state index is -0.775. The first-order chi connectivity index (χ1) is 14.5.